The molecule has 1 aromatic heterocycles. The van der Waals surface area contributed by atoms with Crippen molar-refractivity contribution in [2.75, 3.05) is 17.2 Å². The Morgan fingerprint density at radius 2 is 1.80 bits per heavy atom. The molecule has 0 fully saturated rings. The number of nitrogens with zero attached hydrogens (tertiary/aromatic N) is 2. The molecule has 0 aliphatic carbocycles. The molecular formula is C25H23F3N4O3. The number of hydrogen-bond acceptors (Lipinski definition) is 5. The summed E-state index contributed by atoms with van der Waals surface area (Å²) in [6.07, 6.45) is -0.308. The molecular weight excluding hydrogens is 461 g/mol. The summed E-state index contributed by atoms with van der Waals surface area (Å²) < 4.78 is 42.6. The molecule has 4 rings (SSSR count). The highest BCUT2D eigenvalue weighted by Crippen LogP contribution is 2.37. The number of anilines is 2. The van der Waals surface area contributed by atoms with Crippen molar-refractivity contribution in [3.05, 3.63) is 76.7 Å². The van der Waals surface area contributed by atoms with Crippen LogP contribution in [0.1, 0.15) is 41.4 Å². The SMILES string of the molecule is CC(C)NC(=O)c1cc(-c2ccc3c(c2F)CCN3C(=O)[C@@H](O)c2cc(F)cc(F)c2)cnc1N. The molecule has 0 unspecified atom stereocenters. The number of rotatable bonds is 5. The second-order valence-corrected chi connectivity index (χ2v) is 8.55. The summed E-state index contributed by atoms with van der Waals surface area (Å²) in [5.41, 5.74) is 6.68. The quantitative estimate of drug-likeness (QED) is 0.514. The zero-order valence-electron chi connectivity index (χ0n) is 19.0. The summed E-state index contributed by atoms with van der Waals surface area (Å²) >= 11 is 0. The first-order chi connectivity index (χ1) is 16.6. The maximum atomic E-state index is 15.5. The topological polar surface area (TPSA) is 109 Å². The number of nitrogens with one attached hydrogen (secondary N) is 1. The predicted molar refractivity (Wildman–Crippen MR) is 124 cm³/mol. The number of pyridine rings is 1. The first-order valence-corrected chi connectivity index (χ1v) is 10.9. The van der Waals surface area contributed by atoms with Crippen LogP contribution in [0.4, 0.5) is 24.7 Å². The van der Waals surface area contributed by atoms with E-state index in [1.54, 1.807) is 13.8 Å². The number of aliphatic hydroxyl groups is 1. The van der Waals surface area contributed by atoms with Gasteiger partial charge in [-0.3, -0.25) is 9.59 Å². The van der Waals surface area contributed by atoms with Crippen LogP contribution in [0.25, 0.3) is 11.1 Å². The molecule has 35 heavy (non-hydrogen) atoms. The number of halogens is 3. The van der Waals surface area contributed by atoms with Gasteiger partial charge in [-0.2, -0.15) is 0 Å². The van der Waals surface area contributed by atoms with E-state index >= 15 is 4.39 Å². The van der Waals surface area contributed by atoms with Gasteiger partial charge in [-0.25, -0.2) is 18.2 Å². The van der Waals surface area contributed by atoms with E-state index in [4.69, 9.17) is 5.73 Å². The lowest BCUT2D eigenvalue weighted by atomic mass is 10.00. The minimum atomic E-state index is -1.82. The number of carbonyl (C=O) groups is 2. The van der Waals surface area contributed by atoms with Crippen LogP contribution in [0.5, 0.6) is 0 Å². The first kappa shape index (κ1) is 24.2. The highest BCUT2D eigenvalue weighted by atomic mass is 19.1. The van der Waals surface area contributed by atoms with Gasteiger partial charge in [-0.15, -0.1) is 0 Å². The molecule has 1 aliphatic heterocycles. The van der Waals surface area contributed by atoms with Crippen molar-refractivity contribution in [1.29, 1.82) is 0 Å². The monoisotopic (exact) mass is 484 g/mol. The van der Waals surface area contributed by atoms with Gasteiger partial charge in [0.25, 0.3) is 11.8 Å². The number of benzene rings is 2. The fourth-order valence-corrected chi connectivity index (χ4v) is 4.07. The summed E-state index contributed by atoms with van der Waals surface area (Å²) in [6, 6.07) is 6.64. The normalized spacial score (nSPS) is 13.6. The molecule has 0 spiro atoms. The lowest BCUT2D eigenvalue weighted by Crippen LogP contribution is -2.33. The van der Waals surface area contributed by atoms with E-state index < -0.39 is 35.4 Å². The summed E-state index contributed by atoms with van der Waals surface area (Å²) in [5.74, 6) is -3.72. The van der Waals surface area contributed by atoms with Crippen molar-refractivity contribution in [3.63, 3.8) is 0 Å². The molecule has 1 atom stereocenters. The van der Waals surface area contributed by atoms with E-state index in [0.717, 1.165) is 12.1 Å². The number of aromatic nitrogens is 1. The van der Waals surface area contributed by atoms with E-state index in [1.165, 1.54) is 29.3 Å². The van der Waals surface area contributed by atoms with Crippen molar-refractivity contribution >= 4 is 23.3 Å². The Kier molecular flexibility index (Phi) is 6.49. The highest BCUT2D eigenvalue weighted by Gasteiger charge is 2.33. The van der Waals surface area contributed by atoms with Crippen LogP contribution in [0.15, 0.2) is 42.6 Å². The van der Waals surface area contributed by atoms with Gasteiger partial charge in [0.15, 0.2) is 6.10 Å². The van der Waals surface area contributed by atoms with E-state index in [0.29, 0.717) is 11.6 Å². The molecule has 0 radical (unpaired) electrons. The Hall–Kier alpha value is -3.92. The Morgan fingerprint density at radius 1 is 1.11 bits per heavy atom. The van der Waals surface area contributed by atoms with Gasteiger partial charge in [0, 0.05) is 47.2 Å². The molecule has 10 heteroatoms. The van der Waals surface area contributed by atoms with Crippen LogP contribution >= 0.6 is 0 Å². The Balaban J connectivity index is 1.65. The first-order valence-electron chi connectivity index (χ1n) is 10.9. The van der Waals surface area contributed by atoms with Gasteiger partial charge >= 0.3 is 0 Å². The minimum Gasteiger partial charge on any atom is -0.383 e. The number of nitrogens with two attached hydrogens (primary N) is 1. The number of carbonyl (C=O) groups excluding carboxylic acids is 2. The number of nitrogen functional groups attached to an aromatic ring is 1. The summed E-state index contributed by atoms with van der Waals surface area (Å²) in [5, 5.41) is 13.1. The third-order valence-electron chi connectivity index (χ3n) is 5.69. The summed E-state index contributed by atoms with van der Waals surface area (Å²) in [6.45, 7) is 3.66. The molecule has 3 aromatic rings. The van der Waals surface area contributed by atoms with E-state index in [9.17, 15) is 23.5 Å². The second kappa shape index (κ2) is 9.38. The van der Waals surface area contributed by atoms with Crippen molar-refractivity contribution in [3.8, 4) is 11.1 Å². The third-order valence-corrected chi connectivity index (χ3v) is 5.69. The average molecular weight is 484 g/mol. The summed E-state index contributed by atoms with van der Waals surface area (Å²) in [7, 11) is 0. The molecule has 0 saturated carbocycles. The largest absolute Gasteiger partial charge is 0.383 e. The van der Waals surface area contributed by atoms with Crippen molar-refractivity contribution in [2.45, 2.75) is 32.4 Å². The number of hydrogen-bond donors (Lipinski definition) is 3. The van der Waals surface area contributed by atoms with Crippen LogP contribution in [0.3, 0.4) is 0 Å². The zero-order chi connectivity index (χ0) is 25.4. The molecule has 4 N–H and O–H groups in total. The number of amides is 2. The predicted octanol–water partition coefficient (Wildman–Crippen LogP) is 3.51. The molecule has 2 aromatic carbocycles. The minimum absolute atomic E-state index is 0.00742. The van der Waals surface area contributed by atoms with Crippen molar-refractivity contribution in [1.82, 2.24) is 10.3 Å². The van der Waals surface area contributed by atoms with Crippen LogP contribution in [0.2, 0.25) is 0 Å². The van der Waals surface area contributed by atoms with Crippen LogP contribution in [-0.4, -0.2) is 34.5 Å². The van der Waals surface area contributed by atoms with Gasteiger partial charge in [0.2, 0.25) is 0 Å². The molecule has 0 bridgehead atoms. The Bertz CT molecular complexity index is 1310. The van der Waals surface area contributed by atoms with E-state index in [-0.39, 0.29) is 52.8 Å². The van der Waals surface area contributed by atoms with Crippen molar-refractivity contribution < 1.29 is 27.9 Å². The maximum Gasteiger partial charge on any atom is 0.260 e. The smallest absolute Gasteiger partial charge is 0.260 e. The van der Waals surface area contributed by atoms with Gasteiger partial charge in [-0.05, 0) is 56.2 Å². The van der Waals surface area contributed by atoms with Gasteiger partial charge in [-0.1, -0.05) is 0 Å². The third kappa shape index (κ3) is 4.69. The van der Waals surface area contributed by atoms with Crippen LogP contribution in [0, 0.1) is 17.5 Å². The average Bonchev–Trinajstić information content (AvgIpc) is 3.22. The fourth-order valence-electron chi connectivity index (χ4n) is 4.07. The molecule has 1 aliphatic rings. The highest BCUT2D eigenvalue weighted by molar-refractivity contribution is 6.00. The summed E-state index contributed by atoms with van der Waals surface area (Å²) in [4.78, 5) is 30.5. The maximum absolute atomic E-state index is 15.5. The molecule has 0 saturated heterocycles. The molecule has 2 heterocycles. The molecule has 7 nitrogen and oxygen atoms in total. The fraction of sp³-hybridized carbons (Fsp3) is 0.240. The number of fused-ring (bicyclic) bond motifs is 1. The second-order valence-electron chi connectivity index (χ2n) is 8.55. The molecule has 2 amide bonds. The van der Waals surface area contributed by atoms with Crippen molar-refractivity contribution in [2.24, 2.45) is 0 Å². The zero-order valence-corrected chi connectivity index (χ0v) is 19.0. The van der Waals surface area contributed by atoms with Gasteiger partial charge in [0.1, 0.15) is 23.3 Å². The standard InChI is InChI=1S/C25H23F3N4O3/c1-12(2)31-24(34)19-9-14(11-30-23(19)29)17-3-4-20-18(21(17)28)5-6-32(20)25(35)22(33)13-7-15(26)10-16(27)8-13/h3-4,7-12,22,33H,5-6H2,1-2H3,(H2,29,30)(H,31,34)/t22-/m0/s1. The van der Waals surface area contributed by atoms with Crippen LogP contribution in [-0.2, 0) is 11.2 Å². The van der Waals surface area contributed by atoms with E-state index in [2.05, 4.69) is 10.3 Å². The van der Waals surface area contributed by atoms with Gasteiger partial charge in [0.05, 0.1) is 5.56 Å². The lowest BCUT2D eigenvalue weighted by Gasteiger charge is -2.21. The Labute approximate surface area is 199 Å². The van der Waals surface area contributed by atoms with Gasteiger partial charge < -0.3 is 21.1 Å². The Morgan fingerprint density at radius 3 is 2.46 bits per heavy atom. The lowest BCUT2D eigenvalue weighted by molar-refractivity contribution is -0.126. The van der Waals surface area contributed by atoms with Crippen LogP contribution < -0.4 is 16.0 Å². The number of aliphatic hydroxyl groups excluding tert-OH is 1. The van der Waals surface area contributed by atoms with E-state index in [1.807, 2.05) is 0 Å². The molecule has 182 valence electrons.